The molecule has 19 heavy (non-hydrogen) atoms. The highest BCUT2D eigenvalue weighted by atomic mass is 32.2. The van der Waals surface area contributed by atoms with Gasteiger partial charge in [0, 0.05) is 17.0 Å². The Morgan fingerprint density at radius 2 is 2.16 bits per heavy atom. The van der Waals surface area contributed by atoms with Gasteiger partial charge in [-0.1, -0.05) is 19.9 Å². The van der Waals surface area contributed by atoms with Crippen LogP contribution in [-0.4, -0.2) is 36.1 Å². The van der Waals surface area contributed by atoms with Crippen molar-refractivity contribution in [2.24, 2.45) is 0 Å². The molecule has 1 heterocycles. The second kappa shape index (κ2) is 7.03. The van der Waals surface area contributed by atoms with Crippen molar-refractivity contribution >= 4 is 11.8 Å². The Bertz CT molecular complexity index is 414. The molecule has 0 radical (unpaired) electrons. The van der Waals surface area contributed by atoms with Crippen molar-refractivity contribution in [3.05, 3.63) is 23.8 Å². The molecule has 1 aliphatic heterocycles. The third-order valence-electron chi connectivity index (χ3n) is 3.05. The molecule has 0 saturated heterocycles. The van der Waals surface area contributed by atoms with Gasteiger partial charge in [-0.2, -0.15) is 11.8 Å². The number of aliphatic hydroxyl groups excluding tert-OH is 1. The van der Waals surface area contributed by atoms with E-state index < -0.39 is 0 Å². The second-order valence-electron chi connectivity index (χ2n) is 4.55. The second-order valence-corrected chi connectivity index (χ2v) is 6.02. The molecular formula is C14H21NO3S. The summed E-state index contributed by atoms with van der Waals surface area (Å²) in [6.07, 6.45) is 0. The van der Waals surface area contributed by atoms with E-state index in [-0.39, 0.29) is 17.9 Å². The van der Waals surface area contributed by atoms with Gasteiger partial charge in [0.25, 0.3) is 0 Å². The Morgan fingerprint density at radius 3 is 2.89 bits per heavy atom. The molecule has 2 atom stereocenters. The quantitative estimate of drug-likeness (QED) is 0.803. The molecule has 1 aliphatic rings. The van der Waals surface area contributed by atoms with E-state index in [4.69, 9.17) is 14.6 Å². The molecule has 0 saturated carbocycles. The zero-order valence-electron chi connectivity index (χ0n) is 11.4. The molecule has 0 amide bonds. The average Bonchev–Trinajstić information content (AvgIpc) is 2.90. The van der Waals surface area contributed by atoms with Crippen LogP contribution in [0.3, 0.4) is 0 Å². The zero-order chi connectivity index (χ0) is 13.7. The highest BCUT2D eigenvalue weighted by molar-refractivity contribution is 7.99. The van der Waals surface area contributed by atoms with Crippen LogP contribution in [0.2, 0.25) is 0 Å². The first-order valence-corrected chi connectivity index (χ1v) is 7.64. The molecule has 1 aromatic rings. The number of fused-ring (bicyclic) bond motifs is 1. The van der Waals surface area contributed by atoms with Crippen LogP contribution in [0.15, 0.2) is 18.2 Å². The van der Waals surface area contributed by atoms with E-state index in [0.717, 1.165) is 23.8 Å². The Hall–Kier alpha value is -0.910. The molecule has 0 fully saturated rings. The molecule has 2 unspecified atom stereocenters. The SMILES string of the molecule is CCNC(CSC(C)CO)c1ccc2c(c1)OCO2. The lowest BCUT2D eigenvalue weighted by Gasteiger charge is -2.20. The molecule has 106 valence electrons. The minimum Gasteiger partial charge on any atom is -0.454 e. The normalized spacial score (nSPS) is 16.4. The summed E-state index contributed by atoms with van der Waals surface area (Å²) >= 11 is 1.77. The number of rotatable bonds is 7. The van der Waals surface area contributed by atoms with Crippen LogP contribution < -0.4 is 14.8 Å². The number of nitrogens with one attached hydrogen (secondary N) is 1. The van der Waals surface area contributed by atoms with E-state index in [1.807, 2.05) is 19.1 Å². The van der Waals surface area contributed by atoms with Crippen LogP contribution in [0.4, 0.5) is 0 Å². The van der Waals surface area contributed by atoms with Crippen molar-refractivity contribution in [1.82, 2.24) is 5.32 Å². The summed E-state index contributed by atoms with van der Waals surface area (Å²) in [7, 11) is 0. The van der Waals surface area contributed by atoms with Crippen LogP contribution in [-0.2, 0) is 0 Å². The Kier molecular flexibility index (Phi) is 5.36. The predicted octanol–water partition coefficient (Wildman–Crippen LogP) is 2.18. The summed E-state index contributed by atoms with van der Waals surface area (Å²) in [5, 5.41) is 12.8. The number of ether oxygens (including phenoxy) is 2. The van der Waals surface area contributed by atoms with Crippen LogP contribution in [0, 0.1) is 0 Å². The lowest BCUT2D eigenvalue weighted by molar-refractivity contribution is 0.174. The Balaban J connectivity index is 2.05. The summed E-state index contributed by atoms with van der Waals surface area (Å²) < 4.78 is 10.7. The van der Waals surface area contributed by atoms with Gasteiger partial charge < -0.3 is 19.9 Å². The topological polar surface area (TPSA) is 50.7 Å². The van der Waals surface area contributed by atoms with Crippen molar-refractivity contribution in [1.29, 1.82) is 0 Å². The first-order valence-electron chi connectivity index (χ1n) is 6.60. The fourth-order valence-corrected chi connectivity index (χ4v) is 2.90. The molecular weight excluding hydrogens is 262 g/mol. The van der Waals surface area contributed by atoms with E-state index in [2.05, 4.69) is 18.3 Å². The fraction of sp³-hybridized carbons (Fsp3) is 0.571. The maximum atomic E-state index is 9.10. The lowest BCUT2D eigenvalue weighted by Crippen LogP contribution is -2.24. The fourth-order valence-electron chi connectivity index (χ4n) is 1.96. The van der Waals surface area contributed by atoms with Crippen molar-refractivity contribution in [2.75, 3.05) is 25.7 Å². The third kappa shape index (κ3) is 3.78. The van der Waals surface area contributed by atoms with Gasteiger partial charge in [0.15, 0.2) is 11.5 Å². The van der Waals surface area contributed by atoms with Gasteiger partial charge >= 0.3 is 0 Å². The standard InChI is InChI=1S/C14H21NO3S/c1-3-15-12(8-19-10(2)7-16)11-4-5-13-14(6-11)18-9-17-13/h4-6,10,12,15-16H,3,7-9H2,1-2H3. The number of hydrogen-bond acceptors (Lipinski definition) is 5. The van der Waals surface area contributed by atoms with Crippen molar-refractivity contribution < 1.29 is 14.6 Å². The largest absolute Gasteiger partial charge is 0.454 e. The first kappa shape index (κ1) is 14.5. The molecule has 0 aromatic heterocycles. The molecule has 4 nitrogen and oxygen atoms in total. The summed E-state index contributed by atoms with van der Waals surface area (Å²) in [6, 6.07) is 6.34. The van der Waals surface area contributed by atoms with Gasteiger partial charge in [0.1, 0.15) is 0 Å². The molecule has 0 spiro atoms. The zero-order valence-corrected chi connectivity index (χ0v) is 12.2. The molecule has 5 heteroatoms. The van der Waals surface area contributed by atoms with E-state index in [1.54, 1.807) is 11.8 Å². The van der Waals surface area contributed by atoms with Gasteiger partial charge in [-0.15, -0.1) is 0 Å². The maximum absolute atomic E-state index is 9.10. The van der Waals surface area contributed by atoms with Crippen LogP contribution in [0.25, 0.3) is 0 Å². The number of benzene rings is 1. The van der Waals surface area contributed by atoms with Gasteiger partial charge in [0.05, 0.1) is 6.61 Å². The predicted molar refractivity (Wildman–Crippen MR) is 78.0 cm³/mol. The summed E-state index contributed by atoms with van der Waals surface area (Å²) in [5.41, 5.74) is 1.20. The minimum absolute atomic E-state index is 0.213. The van der Waals surface area contributed by atoms with E-state index >= 15 is 0 Å². The summed E-state index contributed by atoms with van der Waals surface area (Å²) in [6.45, 7) is 5.56. The van der Waals surface area contributed by atoms with Crippen LogP contribution >= 0.6 is 11.8 Å². The third-order valence-corrected chi connectivity index (χ3v) is 4.30. The Labute approximate surface area is 118 Å². The van der Waals surface area contributed by atoms with Crippen LogP contribution in [0.1, 0.15) is 25.5 Å². The Morgan fingerprint density at radius 1 is 1.37 bits per heavy atom. The van der Waals surface area contributed by atoms with Crippen molar-refractivity contribution in [3.8, 4) is 11.5 Å². The summed E-state index contributed by atoms with van der Waals surface area (Å²) in [5.74, 6) is 2.56. The van der Waals surface area contributed by atoms with Gasteiger partial charge in [-0.05, 0) is 24.2 Å². The highest BCUT2D eigenvalue weighted by Crippen LogP contribution is 2.35. The van der Waals surface area contributed by atoms with E-state index in [1.165, 1.54) is 5.56 Å². The number of thioether (sulfide) groups is 1. The van der Waals surface area contributed by atoms with Gasteiger partial charge in [-0.3, -0.25) is 0 Å². The molecule has 2 rings (SSSR count). The summed E-state index contributed by atoms with van der Waals surface area (Å²) in [4.78, 5) is 0. The highest BCUT2D eigenvalue weighted by Gasteiger charge is 2.18. The smallest absolute Gasteiger partial charge is 0.231 e. The van der Waals surface area contributed by atoms with E-state index in [0.29, 0.717) is 6.79 Å². The van der Waals surface area contributed by atoms with Crippen molar-refractivity contribution in [3.63, 3.8) is 0 Å². The molecule has 1 aromatic carbocycles. The van der Waals surface area contributed by atoms with E-state index in [9.17, 15) is 0 Å². The van der Waals surface area contributed by atoms with Crippen molar-refractivity contribution in [2.45, 2.75) is 25.1 Å². The number of aliphatic hydroxyl groups is 1. The average molecular weight is 283 g/mol. The van der Waals surface area contributed by atoms with Crippen LogP contribution in [0.5, 0.6) is 11.5 Å². The molecule has 2 N–H and O–H groups in total. The lowest BCUT2D eigenvalue weighted by atomic mass is 10.1. The minimum atomic E-state index is 0.213. The first-order chi connectivity index (χ1) is 9.24. The molecule has 0 aliphatic carbocycles. The monoisotopic (exact) mass is 283 g/mol. The van der Waals surface area contributed by atoms with Gasteiger partial charge in [-0.25, -0.2) is 0 Å². The maximum Gasteiger partial charge on any atom is 0.231 e. The van der Waals surface area contributed by atoms with Gasteiger partial charge in [0.2, 0.25) is 6.79 Å². The number of hydrogen-bond donors (Lipinski definition) is 2. The molecule has 0 bridgehead atoms.